The SMILES string of the molecule is CCCC(CC)NCC(O)COc1ccc(C)cc1. The van der Waals surface area contributed by atoms with Gasteiger partial charge >= 0.3 is 0 Å². The standard InChI is InChI=1S/C16H27NO2/c1-4-6-14(5-2)17-11-15(18)12-19-16-9-7-13(3)8-10-16/h7-10,14-15,17-18H,4-6,11-12H2,1-3H3. The molecule has 0 aliphatic heterocycles. The van der Waals surface area contributed by atoms with Crippen LogP contribution in [0.1, 0.15) is 38.7 Å². The monoisotopic (exact) mass is 265 g/mol. The summed E-state index contributed by atoms with van der Waals surface area (Å²) in [6.45, 7) is 7.31. The lowest BCUT2D eigenvalue weighted by atomic mass is 10.1. The lowest BCUT2D eigenvalue weighted by Gasteiger charge is -2.19. The fraction of sp³-hybridized carbons (Fsp3) is 0.625. The molecule has 2 unspecified atom stereocenters. The van der Waals surface area contributed by atoms with Crippen LogP contribution in [0.4, 0.5) is 0 Å². The molecular formula is C16H27NO2. The van der Waals surface area contributed by atoms with Crippen molar-refractivity contribution in [2.75, 3.05) is 13.2 Å². The van der Waals surface area contributed by atoms with Crippen molar-refractivity contribution in [1.29, 1.82) is 0 Å². The first kappa shape index (κ1) is 16.0. The van der Waals surface area contributed by atoms with Crippen LogP contribution in [0.15, 0.2) is 24.3 Å². The van der Waals surface area contributed by atoms with E-state index < -0.39 is 6.10 Å². The van der Waals surface area contributed by atoms with Crippen LogP contribution in [0.2, 0.25) is 0 Å². The maximum atomic E-state index is 9.89. The second-order valence-corrected chi connectivity index (χ2v) is 5.08. The fourth-order valence-corrected chi connectivity index (χ4v) is 1.99. The molecule has 3 heteroatoms. The first-order valence-electron chi connectivity index (χ1n) is 7.26. The Morgan fingerprint density at radius 1 is 1.21 bits per heavy atom. The van der Waals surface area contributed by atoms with E-state index in [4.69, 9.17) is 4.74 Å². The Morgan fingerprint density at radius 3 is 2.47 bits per heavy atom. The van der Waals surface area contributed by atoms with Crippen molar-refractivity contribution in [2.24, 2.45) is 0 Å². The molecule has 0 radical (unpaired) electrons. The van der Waals surface area contributed by atoms with Gasteiger partial charge in [-0.3, -0.25) is 0 Å². The van der Waals surface area contributed by atoms with E-state index in [0.717, 1.165) is 18.6 Å². The minimum Gasteiger partial charge on any atom is -0.491 e. The number of nitrogens with one attached hydrogen (secondary N) is 1. The normalized spacial score (nSPS) is 14.1. The molecule has 0 aliphatic carbocycles. The summed E-state index contributed by atoms with van der Waals surface area (Å²) in [5, 5.41) is 13.3. The molecule has 1 aromatic rings. The van der Waals surface area contributed by atoms with Gasteiger partial charge in [0, 0.05) is 12.6 Å². The number of hydrogen-bond donors (Lipinski definition) is 2. The van der Waals surface area contributed by atoms with Crippen LogP contribution >= 0.6 is 0 Å². The van der Waals surface area contributed by atoms with E-state index in [9.17, 15) is 5.11 Å². The van der Waals surface area contributed by atoms with Gasteiger partial charge in [0.25, 0.3) is 0 Å². The molecule has 1 rings (SSSR count). The molecule has 0 saturated heterocycles. The smallest absolute Gasteiger partial charge is 0.119 e. The molecule has 0 amide bonds. The summed E-state index contributed by atoms with van der Waals surface area (Å²) in [4.78, 5) is 0. The number of benzene rings is 1. The average Bonchev–Trinajstić information content (AvgIpc) is 2.42. The highest BCUT2D eigenvalue weighted by Crippen LogP contribution is 2.11. The minimum atomic E-state index is -0.466. The topological polar surface area (TPSA) is 41.5 Å². The van der Waals surface area contributed by atoms with E-state index in [0.29, 0.717) is 19.2 Å². The minimum absolute atomic E-state index is 0.332. The highest BCUT2D eigenvalue weighted by molar-refractivity contribution is 5.26. The van der Waals surface area contributed by atoms with Crippen LogP contribution in [0, 0.1) is 6.92 Å². The Kier molecular flexibility index (Phi) is 7.53. The molecule has 3 nitrogen and oxygen atoms in total. The fourth-order valence-electron chi connectivity index (χ4n) is 1.99. The maximum absolute atomic E-state index is 9.89. The third-order valence-electron chi connectivity index (χ3n) is 3.24. The molecule has 0 heterocycles. The molecule has 0 aliphatic rings. The second kappa shape index (κ2) is 8.94. The molecule has 0 aromatic heterocycles. The van der Waals surface area contributed by atoms with Gasteiger partial charge in [-0.05, 0) is 31.9 Å². The quantitative estimate of drug-likeness (QED) is 0.721. The lowest BCUT2D eigenvalue weighted by Crippen LogP contribution is -2.37. The molecule has 0 bridgehead atoms. The predicted octanol–water partition coefficient (Wildman–Crippen LogP) is 2.90. The van der Waals surface area contributed by atoms with E-state index in [1.54, 1.807) is 0 Å². The lowest BCUT2D eigenvalue weighted by molar-refractivity contribution is 0.103. The Labute approximate surface area is 117 Å². The van der Waals surface area contributed by atoms with E-state index in [1.807, 2.05) is 31.2 Å². The Balaban J connectivity index is 2.23. The number of rotatable bonds is 9. The van der Waals surface area contributed by atoms with Crippen molar-refractivity contribution in [1.82, 2.24) is 5.32 Å². The Hall–Kier alpha value is -1.06. The van der Waals surface area contributed by atoms with Gasteiger partial charge < -0.3 is 15.2 Å². The van der Waals surface area contributed by atoms with Crippen molar-refractivity contribution in [2.45, 2.75) is 52.2 Å². The molecule has 2 N–H and O–H groups in total. The largest absolute Gasteiger partial charge is 0.491 e. The van der Waals surface area contributed by atoms with Crippen molar-refractivity contribution in [3.05, 3.63) is 29.8 Å². The summed E-state index contributed by atoms with van der Waals surface area (Å²) < 4.78 is 5.56. The highest BCUT2D eigenvalue weighted by atomic mass is 16.5. The van der Waals surface area contributed by atoms with Gasteiger partial charge in [0.2, 0.25) is 0 Å². The van der Waals surface area contributed by atoms with E-state index in [1.165, 1.54) is 12.0 Å². The summed E-state index contributed by atoms with van der Waals surface area (Å²) >= 11 is 0. The summed E-state index contributed by atoms with van der Waals surface area (Å²) in [5.41, 5.74) is 1.21. The Bertz CT molecular complexity index is 337. The van der Waals surface area contributed by atoms with Crippen LogP contribution in [0.3, 0.4) is 0 Å². The molecule has 0 spiro atoms. The molecule has 108 valence electrons. The molecule has 19 heavy (non-hydrogen) atoms. The van der Waals surface area contributed by atoms with Crippen molar-refractivity contribution in [3.8, 4) is 5.75 Å². The third-order valence-corrected chi connectivity index (χ3v) is 3.24. The van der Waals surface area contributed by atoms with Gasteiger partial charge in [0.1, 0.15) is 18.5 Å². The molecular weight excluding hydrogens is 238 g/mol. The number of aryl methyl sites for hydroxylation is 1. The van der Waals surface area contributed by atoms with Crippen LogP contribution in [-0.2, 0) is 0 Å². The zero-order valence-corrected chi connectivity index (χ0v) is 12.4. The maximum Gasteiger partial charge on any atom is 0.119 e. The number of aliphatic hydroxyl groups is 1. The van der Waals surface area contributed by atoms with Gasteiger partial charge in [-0.25, -0.2) is 0 Å². The number of ether oxygens (including phenoxy) is 1. The highest BCUT2D eigenvalue weighted by Gasteiger charge is 2.09. The van der Waals surface area contributed by atoms with Gasteiger partial charge in [-0.2, -0.15) is 0 Å². The first-order chi connectivity index (χ1) is 9.15. The zero-order valence-electron chi connectivity index (χ0n) is 12.4. The van der Waals surface area contributed by atoms with Gasteiger partial charge in [-0.1, -0.05) is 38.0 Å². The van der Waals surface area contributed by atoms with E-state index >= 15 is 0 Å². The van der Waals surface area contributed by atoms with Crippen LogP contribution < -0.4 is 10.1 Å². The Morgan fingerprint density at radius 2 is 1.89 bits per heavy atom. The summed E-state index contributed by atoms with van der Waals surface area (Å²) in [6, 6.07) is 8.38. The zero-order chi connectivity index (χ0) is 14.1. The molecule has 0 fully saturated rings. The van der Waals surface area contributed by atoms with Crippen molar-refractivity contribution < 1.29 is 9.84 Å². The molecule has 0 saturated carbocycles. The van der Waals surface area contributed by atoms with Crippen LogP contribution in [0.5, 0.6) is 5.75 Å². The van der Waals surface area contributed by atoms with E-state index in [2.05, 4.69) is 19.2 Å². The first-order valence-corrected chi connectivity index (χ1v) is 7.26. The van der Waals surface area contributed by atoms with Crippen molar-refractivity contribution in [3.63, 3.8) is 0 Å². The van der Waals surface area contributed by atoms with E-state index in [-0.39, 0.29) is 0 Å². The molecule has 2 atom stereocenters. The summed E-state index contributed by atoms with van der Waals surface area (Å²) in [6.07, 6.45) is 2.95. The second-order valence-electron chi connectivity index (χ2n) is 5.08. The average molecular weight is 265 g/mol. The van der Waals surface area contributed by atoms with Crippen LogP contribution in [0.25, 0.3) is 0 Å². The van der Waals surface area contributed by atoms with Gasteiger partial charge in [0.15, 0.2) is 0 Å². The van der Waals surface area contributed by atoms with Crippen LogP contribution in [-0.4, -0.2) is 30.4 Å². The predicted molar refractivity (Wildman–Crippen MR) is 79.7 cm³/mol. The van der Waals surface area contributed by atoms with Gasteiger partial charge in [-0.15, -0.1) is 0 Å². The molecule has 1 aromatic carbocycles. The number of aliphatic hydroxyl groups excluding tert-OH is 1. The van der Waals surface area contributed by atoms with Crippen molar-refractivity contribution >= 4 is 0 Å². The van der Waals surface area contributed by atoms with Gasteiger partial charge in [0.05, 0.1) is 0 Å². The summed E-state index contributed by atoms with van der Waals surface area (Å²) in [7, 11) is 0. The number of hydrogen-bond acceptors (Lipinski definition) is 3. The summed E-state index contributed by atoms with van der Waals surface area (Å²) in [5.74, 6) is 0.810. The third kappa shape index (κ3) is 6.60.